The van der Waals surface area contributed by atoms with Crippen LogP contribution >= 0.6 is 11.8 Å². The molecule has 0 fully saturated rings. The summed E-state index contributed by atoms with van der Waals surface area (Å²) in [5.74, 6) is 0.778. The summed E-state index contributed by atoms with van der Waals surface area (Å²) < 4.78 is 21.2. The molecule has 0 radical (unpaired) electrons. The van der Waals surface area contributed by atoms with E-state index in [1.165, 1.54) is 11.8 Å². The number of nitrogen functional groups attached to an aromatic ring is 1. The van der Waals surface area contributed by atoms with Gasteiger partial charge in [-0.25, -0.2) is 4.98 Å². The van der Waals surface area contributed by atoms with Crippen LogP contribution in [0.2, 0.25) is 0 Å². The standard InChI is InChI=1S/C14H20N2O4S/c1-17-4-5-18-6-7-19-8-9-21-14-16-12-3-2-11(15)10-13(12)20-14/h2-3,10H,4-9,15H2,1H3. The van der Waals surface area contributed by atoms with Crippen LogP contribution in [0.1, 0.15) is 0 Å². The van der Waals surface area contributed by atoms with Crippen LogP contribution in [0.15, 0.2) is 27.8 Å². The van der Waals surface area contributed by atoms with E-state index in [1.807, 2.05) is 12.1 Å². The van der Waals surface area contributed by atoms with E-state index in [0.717, 1.165) is 11.3 Å². The molecule has 0 atom stereocenters. The molecule has 0 unspecified atom stereocenters. The molecule has 21 heavy (non-hydrogen) atoms. The average molecular weight is 312 g/mol. The van der Waals surface area contributed by atoms with Gasteiger partial charge in [-0.2, -0.15) is 0 Å². The number of hydrogen-bond acceptors (Lipinski definition) is 7. The lowest BCUT2D eigenvalue weighted by Gasteiger charge is -2.04. The minimum absolute atomic E-state index is 0.578. The Balaban J connectivity index is 1.59. The Hall–Kier alpha value is -1.28. The fourth-order valence-corrected chi connectivity index (χ4v) is 2.32. The van der Waals surface area contributed by atoms with Crippen LogP contribution in [-0.2, 0) is 14.2 Å². The number of thioether (sulfide) groups is 1. The number of nitrogens with zero attached hydrogens (tertiary/aromatic N) is 1. The quantitative estimate of drug-likeness (QED) is 0.409. The summed E-state index contributed by atoms with van der Waals surface area (Å²) in [7, 11) is 1.65. The Morgan fingerprint density at radius 3 is 2.71 bits per heavy atom. The van der Waals surface area contributed by atoms with Crippen molar-refractivity contribution in [3.05, 3.63) is 18.2 Å². The first kappa shape index (κ1) is 16.1. The first-order valence-electron chi connectivity index (χ1n) is 6.73. The lowest BCUT2D eigenvalue weighted by atomic mass is 10.3. The summed E-state index contributed by atoms with van der Waals surface area (Å²) >= 11 is 1.52. The molecule has 1 aromatic heterocycles. The molecular weight excluding hydrogens is 292 g/mol. The molecule has 0 saturated heterocycles. The minimum atomic E-state index is 0.578. The van der Waals surface area contributed by atoms with Gasteiger partial charge in [0.15, 0.2) is 5.58 Å². The van der Waals surface area contributed by atoms with Crippen molar-refractivity contribution in [1.29, 1.82) is 0 Å². The summed E-state index contributed by atoms with van der Waals surface area (Å²) in [6, 6.07) is 5.44. The number of ether oxygens (including phenoxy) is 3. The third-order valence-corrected chi connectivity index (χ3v) is 3.44. The zero-order valence-corrected chi connectivity index (χ0v) is 12.9. The lowest BCUT2D eigenvalue weighted by Crippen LogP contribution is -2.09. The van der Waals surface area contributed by atoms with Crippen molar-refractivity contribution < 1.29 is 18.6 Å². The van der Waals surface area contributed by atoms with E-state index < -0.39 is 0 Å². The Morgan fingerprint density at radius 2 is 1.90 bits per heavy atom. The average Bonchev–Trinajstić information content (AvgIpc) is 2.87. The molecular formula is C14H20N2O4S. The highest BCUT2D eigenvalue weighted by Crippen LogP contribution is 2.24. The van der Waals surface area contributed by atoms with Crippen LogP contribution in [-0.4, -0.2) is 50.9 Å². The van der Waals surface area contributed by atoms with Crippen LogP contribution < -0.4 is 5.73 Å². The molecule has 1 aromatic carbocycles. The van der Waals surface area contributed by atoms with E-state index in [4.69, 9.17) is 24.4 Å². The first-order chi connectivity index (χ1) is 10.3. The van der Waals surface area contributed by atoms with Crippen molar-refractivity contribution >= 4 is 28.5 Å². The second kappa shape index (κ2) is 8.89. The molecule has 0 amide bonds. The highest BCUT2D eigenvalue weighted by atomic mass is 32.2. The summed E-state index contributed by atoms with van der Waals surface area (Å²) in [6.07, 6.45) is 0. The van der Waals surface area contributed by atoms with Crippen LogP contribution in [0.25, 0.3) is 11.1 Å². The van der Waals surface area contributed by atoms with Gasteiger partial charge in [-0.15, -0.1) is 0 Å². The zero-order chi connectivity index (χ0) is 14.9. The maximum Gasteiger partial charge on any atom is 0.256 e. The number of fused-ring (bicyclic) bond motifs is 1. The van der Waals surface area contributed by atoms with Crippen LogP contribution in [0, 0.1) is 0 Å². The molecule has 2 rings (SSSR count). The Bertz CT molecular complexity index is 547. The molecule has 6 nitrogen and oxygen atoms in total. The highest BCUT2D eigenvalue weighted by Gasteiger charge is 2.06. The highest BCUT2D eigenvalue weighted by molar-refractivity contribution is 7.99. The normalized spacial score (nSPS) is 11.3. The molecule has 0 spiro atoms. The Kier molecular flexibility index (Phi) is 6.81. The van der Waals surface area contributed by atoms with Gasteiger partial charge in [-0.05, 0) is 12.1 Å². The Labute approximate surface area is 127 Å². The third-order valence-electron chi connectivity index (χ3n) is 2.65. The molecule has 0 aliphatic rings. The number of nitrogens with two attached hydrogens (primary N) is 1. The largest absolute Gasteiger partial charge is 0.431 e. The summed E-state index contributed by atoms with van der Waals surface area (Å²) in [5, 5.41) is 0.635. The number of aromatic nitrogens is 1. The van der Waals surface area contributed by atoms with Gasteiger partial charge in [0.25, 0.3) is 5.22 Å². The number of oxazole rings is 1. The number of methoxy groups -OCH3 is 1. The van der Waals surface area contributed by atoms with Crippen molar-refractivity contribution in [2.75, 3.05) is 51.6 Å². The molecule has 0 aliphatic carbocycles. The fraction of sp³-hybridized carbons (Fsp3) is 0.500. The summed E-state index contributed by atoms with van der Waals surface area (Å²) in [4.78, 5) is 4.37. The minimum Gasteiger partial charge on any atom is -0.431 e. The van der Waals surface area contributed by atoms with Crippen molar-refractivity contribution in [2.24, 2.45) is 0 Å². The second-order valence-corrected chi connectivity index (χ2v) is 5.32. The molecule has 0 bridgehead atoms. The van der Waals surface area contributed by atoms with Gasteiger partial charge in [-0.3, -0.25) is 0 Å². The zero-order valence-electron chi connectivity index (χ0n) is 12.0. The maximum absolute atomic E-state index is 5.70. The topological polar surface area (TPSA) is 79.7 Å². The van der Waals surface area contributed by atoms with Gasteiger partial charge in [-0.1, -0.05) is 11.8 Å². The van der Waals surface area contributed by atoms with Crippen LogP contribution in [0.4, 0.5) is 5.69 Å². The molecule has 0 saturated carbocycles. The number of rotatable bonds is 10. The van der Waals surface area contributed by atoms with Gasteiger partial charge in [0.2, 0.25) is 0 Å². The molecule has 2 N–H and O–H groups in total. The molecule has 7 heteroatoms. The van der Waals surface area contributed by atoms with Crippen molar-refractivity contribution in [1.82, 2.24) is 4.98 Å². The molecule has 2 aromatic rings. The van der Waals surface area contributed by atoms with Gasteiger partial charge in [0, 0.05) is 24.6 Å². The number of hydrogen-bond donors (Lipinski definition) is 1. The van der Waals surface area contributed by atoms with Crippen molar-refractivity contribution in [3.8, 4) is 0 Å². The predicted octanol–water partition coefficient (Wildman–Crippen LogP) is 2.18. The van der Waals surface area contributed by atoms with Crippen molar-refractivity contribution in [2.45, 2.75) is 5.22 Å². The van der Waals surface area contributed by atoms with Gasteiger partial charge in [0.05, 0.1) is 33.0 Å². The van der Waals surface area contributed by atoms with Gasteiger partial charge >= 0.3 is 0 Å². The van der Waals surface area contributed by atoms with E-state index in [0.29, 0.717) is 49.5 Å². The molecule has 1 heterocycles. The second-order valence-electron chi connectivity index (χ2n) is 4.27. The van der Waals surface area contributed by atoms with E-state index in [9.17, 15) is 0 Å². The fourth-order valence-electron chi connectivity index (χ4n) is 1.63. The van der Waals surface area contributed by atoms with Gasteiger partial charge < -0.3 is 24.4 Å². The third kappa shape index (κ3) is 5.55. The Morgan fingerprint density at radius 1 is 1.14 bits per heavy atom. The van der Waals surface area contributed by atoms with E-state index in [-0.39, 0.29) is 0 Å². The number of benzene rings is 1. The van der Waals surface area contributed by atoms with E-state index in [1.54, 1.807) is 13.2 Å². The summed E-state index contributed by atoms with van der Waals surface area (Å²) in [6.45, 7) is 2.99. The maximum atomic E-state index is 5.70. The first-order valence-corrected chi connectivity index (χ1v) is 7.71. The monoisotopic (exact) mass is 312 g/mol. The van der Waals surface area contributed by atoms with Crippen LogP contribution in [0.5, 0.6) is 0 Å². The van der Waals surface area contributed by atoms with Crippen molar-refractivity contribution in [3.63, 3.8) is 0 Å². The number of anilines is 1. The lowest BCUT2D eigenvalue weighted by molar-refractivity contribution is 0.0286. The molecule has 116 valence electrons. The van der Waals surface area contributed by atoms with E-state index in [2.05, 4.69) is 4.98 Å². The summed E-state index contributed by atoms with van der Waals surface area (Å²) in [5.41, 5.74) is 7.90. The molecule has 0 aliphatic heterocycles. The van der Waals surface area contributed by atoms with E-state index >= 15 is 0 Å². The predicted molar refractivity (Wildman–Crippen MR) is 82.7 cm³/mol. The smallest absolute Gasteiger partial charge is 0.256 e. The van der Waals surface area contributed by atoms with Crippen LogP contribution in [0.3, 0.4) is 0 Å². The van der Waals surface area contributed by atoms with Gasteiger partial charge in [0.1, 0.15) is 5.52 Å². The SMILES string of the molecule is COCCOCCOCCSc1nc2ccc(N)cc2o1.